The molecule has 2 unspecified atom stereocenters. The molecule has 14 nitrogen and oxygen atoms in total. The summed E-state index contributed by atoms with van der Waals surface area (Å²) in [6, 6.07) is 2.13. The smallest absolute Gasteiger partial charge is 0.398 e. The highest BCUT2D eigenvalue weighted by atomic mass is 28.4. The lowest BCUT2D eigenvalue weighted by Gasteiger charge is -2.28. The Kier molecular flexibility index (Phi) is 25.3. The summed E-state index contributed by atoms with van der Waals surface area (Å²) in [7, 11) is 5.53. The molecule has 0 amide bonds. The van der Waals surface area contributed by atoms with Crippen LogP contribution in [0.1, 0.15) is 19.3 Å². The molecule has 0 aromatic carbocycles. The minimum Gasteiger partial charge on any atom is -0.398 e. The van der Waals surface area contributed by atoms with E-state index < -0.39 is 38.4 Å². The minimum atomic E-state index is -2.62. The summed E-state index contributed by atoms with van der Waals surface area (Å²) in [5.74, 6) is 0. The molecule has 0 rings (SSSR count). The van der Waals surface area contributed by atoms with E-state index in [1.54, 1.807) is 56.9 Å². The van der Waals surface area contributed by atoms with E-state index in [2.05, 4.69) is 10.2 Å². The number of nitrogens with zero attached hydrogens (tertiary/aromatic N) is 1. The number of nitrogens with one attached hydrogen (secondary N) is 1. The Bertz CT molecular complexity index is 634. The first kappa shape index (κ1) is 43.1. The monoisotopic (exact) mass is 678 g/mol. The van der Waals surface area contributed by atoms with E-state index in [0.29, 0.717) is 64.3 Å². The maximum Gasteiger partial charge on any atom is 0.500 e. The third kappa shape index (κ3) is 18.7. The first-order chi connectivity index (χ1) is 20.6. The zero-order chi connectivity index (χ0) is 32.6. The van der Waals surface area contributed by atoms with Gasteiger partial charge in [0.15, 0.2) is 0 Å². The second kappa shape index (κ2) is 25.2. The second-order valence-corrected chi connectivity index (χ2v) is 20.2. The van der Waals surface area contributed by atoms with Crippen molar-refractivity contribution in [3.05, 3.63) is 0 Å². The number of ether oxygens (including phenoxy) is 2. The molecule has 2 atom stereocenters. The predicted molar refractivity (Wildman–Crippen MR) is 170 cm³/mol. The molecule has 0 spiro atoms. The predicted octanol–water partition coefficient (Wildman–Crippen LogP) is 0.924. The average molecular weight is 679 g/mol. The van der Waals surface area contributed by atoms with E-state index >= 15 is 0 Å². The van der Waals surface area contributed by atoms with Crippen molar-refractivity contribution < 1.29 is 55.1 Å². The summed E-state index contributed by atoms with van der Waals surface area (Å²) in [6.07, 6.45) is 1.03. The molecule has 43 heavy (non-hydrogen) atoms. The van der Waals surface area contributed by atoms with Gasteiger partial charge in [0.2, 0.25) is 0 Å². The highest BCUT2D eigenvalue weighted by Crippen LogP contribution is 2.16. The van der Waals surface area contributed by atoms with Crippen molar-refractivity contribution in [2.75, 3.05) is 116 Å². The summed E-state index contributed by atoms with van der Waals surface area (Å²) in [5, 5.41) is 24.3. The van der Waals surface area contributed by atoms with Crippen LogP contribution in [0.15, 0.2) is 0 Å². The van der Waals surface area contributed by atoms with Gasteiger partial charge >= 0.3 is 26.2 Å². The third-order valence-electron chi connectivity index (χ3n) is 7.45. The lowest BCUT2D eigenvalue weighted by Crippen LogP contribution is -2.43. The molecule has 0 aromatic rings. The van der Waals surface area contributed by atoms with Crippen LogP contribution in [0, 0.1) is 0 Å². The third-order valence-corrected chi connectivity index (χ3v) is 16.1. The van der Waals surface area contributed by atoms with Gasteiger partial charge in [-0.25, -0.2) is 0 Å². The van der Waals surface area contributed by atoms with E-state index in [1.165, 1.54) is 0 Å². The van der Waals surface area contributed by atoms with Gasteiger partial charge in [-0.15, -0.1) is 0 Å². The summed E-state index contributed by atoms with van der Waals surface area (Å²) in [6.45, 7) is 6.45. The minimum absolute atomic E-state index is 0.229. The highest BCUT2D eigenvalue weighted by Gasteiger charge is 2.37. The van der Waals surface area contributed by atoms with Crippen molar-refractivity contribution in [1.82, 2.24) is 10.2 Å². The summed E-state index contributed by atoms with van der Waals surface area (Å²) < 4.78 is 55.1. The van der Waals surface area contributed by atoms with Gasteiger partial charge in [-0.05, 0) is 38.4 Å². The van der Waals surface area contributed by atoms with Crippen LogP contribution in [0.25, 0.3) is 0 Å². The first-order valence-corrected chi connectivity index (χ1v) is 21.3. The Labute approximate surface area is 263 Å². The molecule has 0 radical (unpaired) electrons. The molecule has 3 N–H and O–H groups in total. The van der Waals surface area contributed by atoms with E-state index in [4.69, 9.17) is 44.9 Å². The van der Waals surface area contributed by atoms with Crippen LogP contribution >= 0.6 is 0 Å². The number of hydrogen-bond acceptors (Lipinski definition) is 14. The lowest BCUT2D eigenvalue weighted by molar-refractivity contribution is 0.0150. The van der Waals surface area contributed by atoms with Gasteiger partial charge < -0.3 is 60.4 Å². The molecule has 0 aliphatic rings. The van der Waals surface area contributed by atoms with Gasteiger partial charge in [-0.1, -0.05) is 0 Å². The van der Waals surface area contributed by atoms with Crippen LogP contribution in [-0.4, -0.2) is 170 Å². The first-order valence-electron chi connectivity index (χ1n) is 14.9. The average Bonchev–Trinajstić information content (AvgIpc) is 3.03. The molecule has 260 valence electrons. The molecule has 17 heteroatoms. The van der Waals surface area contributed by atoms with E-state index in [9.17, 15) is 10.2 Å². The molecule has 0 heterocycles. The van der Waals surface area contributed by atoms with E-state index in [1.807, 2.05) is 6.55 Å². The van der Waals surface area contributed by atoms with Gasteiger partial charge in [0.1, 0.15) is 0 Å². The van der Waals surface area contributed by atoms with Crippen LogP contribution < -0.4 is 5.32 Å². The van der Waals surface area contributed by atoms with Gasteiger partial charge in [-0.3, -0.25) is 4.90 Å². The zero-order valence-corrected chi connectivity index (χ0v) is 31.2. The van der Waals surface area contributed by atoms with Gasteiger partial charge in [-0.2, -0.15) is 0 Å². The van der Waals surface area contributed by atoms with Crippen LogP contribution in [0.3, 0.4) is 0 Å². The Morgan fingerprint density at radius 2 is 1.07 bits per heavy atom. The Morgan fingerprint density at radius 1 is 0.605 bits per heavy atom. The molecule has 0 bridgehead atoms. The van der Waals surface area contributed by atoms with Crippen LogP contribution in [-0.2, 0) is 44.9 Å². The standard InChI is InChI=1S/C26H62N2O12Si3/c1-31-41(9,32-2)18-10-14-28(22-26(30)24-40-17-12-20-43(36-6,37-7)38-8)15-13-27-21-25(29)23-39-16-11-19-42(33-3,34-4)35-5/h25-27,29-30H,10-24H2,1-9H3. The quantitative estimate of drug-likeness (QED) is 0.0705. The summed E-state index contributed by atoms with van der Waals surface area (Å²) in [5.41, 5.74) is 0. The van der Waals surface area contributed by atoms with Crippen molar-refractivity contribution in [1.29, 1.82) is 0 Å². The van der Waals surface area contributed by atoms with Crippen molar-refractivity contribution in [3.63, 3.8) is 0 Å². The Hall–Kier alpha value is 0.0906. The van der Waals surface area contributed by atoms with Crippen molar-refractivity contribution in [2.45, 2.75) is 56.1 Å². The van der Waals surface area contributed by atoms with Crippen LogP contribution in [0.2, 0.25) is 24.7 Å². The lowest BCUT2D eigenvalue weighted by atomic mass is 10.3. The number of rotatable bonds is 31. The Balaban J connectivity index is 4.55. The highest BCUT2D eigenvalue weighted by molar-refractivity contribution is 6.65. The second-order valence-electron chi connectivity index (χ2n) is 10.4. The molecular formula is C26H62N2O12Si3. The largest absolute Gasteiger partial charge is 0.500 e. The molecule has 0 aromatic heterocycles. The molecule has 0 saturated carbocycles. The fourth-order valence-electron chi connectivity index (χ4n) is 4.45. The normalized spacial score (nSPS) is 14.5. The molecular weight excluding hydrogens is 617 g/mol. The fourth-order valence-corrected chi connectivity index (χ4v) is 9.21. The molecule has 0 saturated heterocycles. The maximum absolute atomic E-state index is 10.7. The Morgan fingerprint density at radius 3 is 1.51 bits per heavy atom. The maximum atomic E-state index is 10.7. The number of aliphatic hydroxyl groups is 2. The van der Waals surface area contributed by atoms with E-state index in [0.717, 1.165) is 19.0 Å². The topological polar surface area (TPSA) is 148 Å². The van der Waals surface area contributed by atoms with Gasteiger partial charge in [0.25, 0.3) is 0 Å². The van der Waals surface area contributed by atoms with Crippen LogP contribution in [0.5, 0.6) is 0 Å². The summed E-state index contributed by atoms with van der Waals surface area (Å²) >= 11 is 0. The summed E-state index contributed by atoms with van der Waals surface area (Å²) in [4.78, 5) is 2.19. The van der Waals surface area contributed by atoms with Gasteiger partial charge in [0.05, 0.1) is 25.4 Å². The van der Waals surface area contributed by atoms with Crippen molar-refractivity contribution >= 4 is 26.2 Å². The van der Waals surface area contributed by atoms with Crippen LogP contribution in [0.4, 0.5) is 0 Å². The van der Waals surface area contributed by atoms with Crippen molar-refractivity contribution in [2.24, 2.45) is 0 Å². The molecule has 0 aliphatic heterocycles. The van der Waals surface area contributed by atoms with Gasteiger partial charge in [0, 0.05) is 108 Å². The molecule has 0 fully saturated rings. The van der Waals surface area contributed by atoms with E-state index in [-0.39, 0.29) is 13.2 Å². The number of aliphatic hydroxyl groups excluding tert-OH is 2. The number of hydrogen-bond donors (Lipinski definition) is 3. The zero-order valence-electron chi connectivity index (χ0n) is 28.2. The fraction of sp³-hybridized carbons (Fsp3) is 1.00. The van der Waals surface area contributed by atoms with Crippen molar-refractivity contribution in [3.8, 4) is 0 Å². The molecule has 0 aliphatic carbocycles. The SMILES string of the molecule is CO[Si](C)(CCCN(CCNCC(O)COCCC[Si](OC)(OC)OC)CC(O)COCCC[Si](OC)(OC)OC)OC.